The standard InChI is InChI=1S/C21H32ClN9O3S/c1-12(2)14(30-7-9-35(34)10-8-30)19(33)31-5-3-21(4-6-31)11-25-20(29-21)28-18(32)13-16(23)27-17(24)15(22)26-13/h12,14H,3-11H2,1-2H3,(H4,23,24,27)(H2,25,28,29,32)/p+1. The number of nitrogens with one attached hydrogen (secondary N) is 2. The van der Waals surface area contributed by atoms with Crippen molar-refractivity contribution in [3.63, 3.8) is 0 Å². The van der Waals surface area contributed by atoms with Crippen LogP contribution in [0.2, 0.25) is 5.15 Å². The van der Waals surface area contributed by atoms with Gasteiger partial charge in [-0.3, -0.25) is 24.8 Å². The molecule has 0 aromatic carbocycles. The molecule has 35 heavy (non-hydrogen) atoms. The number of nitrogen functional groups attached to an aromatic ring is 2. The Kier molecular flexibility index (Phi) is 7.48. The number of hydrogen-bond donors (Lipinski definition) is 4. The molecule has 0 saturated carbocycles. The molecule has 2 saturated heterocycles. The fourth-order valence-corrected chi connectivity index (χ4v) is 6.19. The minimum atomic E-state index is -1.13. The highest BCUT2D eigenvalue weighted by Gasteiger charge is 2.42. The van der Waals surface area contributed by atoms with Gasteiger partial charge < -0.3 is 21.7 Å². The molecule has 1 atom stereocenters. The van der Waals surface area contributed by atoms with Gasteiger partial charge in [-0.2, -0.15) is 0 Å². The van der Waals surface area contributed by atoms with E-state index in [-0.39, 0.29) is 45.9 Å². The monoisotopic (exact) mass is 526 g/mol. The SMILES string of the molecule is CC(C)C(C(=O)N1CCC2(CC1)CN=C(NC(=O)c1nc(Cl)c(N)nc1N)N2)N1CC[SH+](=O)CC1. The molecule has 1 aromatic rings. The highest BCUT2D eigenvalue weighted by atomic mass is 35.5. The van der Waals surface area contributed by atoms with Crippen molar-refractivity contribution < 1.29 is 13.8 Å². The molecule has 4 heterocycles. The number of thiol groups is 1. The Morgan fingerprint density at radius 2 is 1.77 bits per heavy atom. The summed E-state index contributed by atoms with van der Waals surface area (Å²) in [4.78, 5) is 42.4. The summed E-state index contributed by atoms with van der Waals surface area (Å²) in [6.07, 6.45) is 1.40. The van der Waals surface area contributed by atoms with E-state index >= 15 is 0 Å². The lowest BCUT2D eigenvalue weighted by Crippen LogP contribution is -2.60. The zero-order valence-corrected chi connectivity index (χ0v) is 21.6. The smallest absolute Gasteiger partial charge is 0.280 e. The van der Waals surface area contributed by atoms with Crippen LogP contribution in [0.3, 0.4) is 0 Å². The van der Waals surface area contributed by atoms with E-state index < -0.39 is 16.7 Å². The molecule has 14 heteroatoms. The van der Waals surface area contributed by atoms with E-state index in [2.05, 4.69) is 44.3 Å². The molecule has 0 radical (unpaired) electrons. The zero-order valence-electron chi connectivity index (χ0n) is 20.0. The zero-order chi connectivity index (χ0) is 25.3. The molecule has 6 N–H and O–H groups in total. The second kappa shape index (κ2) is 10.2. The van der Waals surface area contributed by atoms with E-state index in [0.717, 1.165) is 0 Å². The Morgan fingerprint density at radius 3 is 2.40 bits per heavy atom. The number of aliphatic imine (C=N–C) groups is 1. The molecule has 1 aromatic heterocycles. The van der Waals surface area contributed by atoms with Crippen molar-refractivity contribution in [2.45, 2.75) is 38.3 Å². The van der Waals surface area contributed by atoms with E-state index in [9.17, 15) is 13.8 Å². The summed E-state index contributed by atoms with van der Waals surface area (Å²) in [6, 6.07) is -0.200. The van der Waals surface area contributed by atoms with E-state index in [1.54, 1.807) is 0 Å². The number of hydrogen-bond acceptors (Lipinski definition) is 10. The first-order chi connectivity index (χ1) is 16.6. The number of anilines is 2. The molecular weight excluding hydrogens is 494 g/mol. The number of piperidine rings is 1. The van der Waals surface area contributed by atoms with Crippen LogP contribution in [0, 0.1) is 5.92 Å². The molecule has 1 spiro atoms. The summed E-state index contributed by atoms with van der Waals surface area (Å²) in [6.45, 7) is 7.22. The predicted molar refractivity (Wildman–Crippen MR) is 137 cm³/mol. The normalized spacial score (nSPS) is 21.6. The summed E-state index contributed by atoms with van der Waals surface area (Å²) >= 11 is 5.87. The minimum Gasteiger partial charge on any atom is -0.382 e. The van der Waals surface area contributed by atoms with Crippen LogP contribution in [0.25, 0.3) is 0 Å². The molecule has 0 bridgehead atoms. The Morgan fingerprint density at radius 1 is 1.11 bits per heavy atom. The highest BCUT2D eigenvalue weighted by Crippen LogP contribution is 2.28. The number of halogens is 1. The van der Waals surface area contributed by atoms with E-state index in [0.29, 0.717) is 63.0 Å². The number of carbonyl (C=O) groups excluding carboxylic acids is 2. The van der Waals surface area contributed by atoms with Gasteiger partial charge in [0.25, 0.3) is 5.91 Å². The second-order valence-corrected chi connectivity index (χ2v) is 11.9. The molecule has 12 nitrogen and oxygen atoms in total. The van der Waals surface area contributed by atoms with Crippen LogP contribution in [-0.4, -0.2) is 93.4 Å². The van der Waals surface area contributed by atoms with Gasteiger partial charge in [0.05, 0.1) is 28.9 Å². The summed E-state index contributed by atoms with van der Waals surface area (Å²) in [7, 11) is -1.13. The van der Waals surface area contributed by atoms with Gasteiger partial charge in [-0.25, -0.2) is 9.97 Å². The third kappa shape index (κ3) is 5.51. The summed E-state index contributed by atoms with van der Waals surface area (Å²) in [5, 5.41) is 5.90. The van der Waals surface area contributed by atoms with E-state index in [1.807, 2.05) is 4.90 Å². The quantitative estimate of drug-likeness (QED) is 0.294. The number of rotatable bonds is 4. The van der Waals surface area contributed by atoms with Crippen molar-refractivity contribution in [1.29, 1.82) is 0 Å². The van der Waals surface area contributed by atoms with Crippen molar-refractivity contribution in [2.24, 2.45) is 10.9 Å². The molecule has 3 aliphatic heterocycles. The van der Waals surface area contributed by atoms with Crippen molar-refractivity contribution >= 4 is 51.8 Å². The minimum absolute atomic E-state index is 0.0484. The van der Waals surface area contributed by atoms with Gasteiger partial charge in [0.15, 0.2) is 28.4 Å². The first-order valence-electron chi connectivity index (χ1n) is 11.8. The Hall–Kier alpha value is -2.51. The van der Waals surface area contributed by atoms with Crippen LogP contribution in [-0.2, 0) is 19.8 Å². The average molecular weight is 527 g/mol. The fraction of sp³-hybridized carbons (Fsp3) is 0.667. The highest BCUT2D eigenvalue weighted by molar-refractivity contribution is 7.85. The number of nitrogens with zero attached hydrogens (tertiary/aromatic N) is 5. The number of nitrogens with two attached hydrogens (primary N) is 2. The number of carbonyl (C=O) groups is 2. The van der Waals surface area contributed by atoms with E-state index in [1.165, 1.54) is 0 Å². The average Bonchev–Trinajstić information content (AvgIpc) is 3.19. The molecule has 2 fully saturated rings. The molecular formula is C21H33ClN9O3S+. The van der Waals surface area contributed by atoms with Crippen molar-refractivity contribution in [3.05, 3.63) is 10.8 Å². The van der Waals surface area contributed by atoms with Crippen LogP contribution in [0.5, 0.6) is 0 Å². The number of aromatic nitrogens is 2. The molecule has 192 valence electrons. The van der Waals surface area contributed by atoms with Crippen LogP contribution < -0.4 is 22.1 Å². The lowest BCUT2D eigenvalue weighted by molar-refractivity contribution is -0.140. The van der Waals surface area contributed by atoms with Gasteiger partial charge in [-0.05, 0) is 18.8 Å². The summed E-state index contributed by atoms with van der Waals surface area (Å²) in [5.74, 6) is 1.18. The largest absolute Gasteiger partial charge is 0.382 e. The van der Waals surface area contributed by atoms with Gasteiger partial charge in [0, 0.05) is 26.2 Å². The van der Waals surface area contributed by atoms with Gasteiger partial charge in [-0.1, -0.05) is 25.4 Å². The molecule has 1 unspecified atom stereocenters. The predicted octanol–water partition coefficient (Wildman–Crippen LogP) is -0.619. The Balaban J connectivity index is 1.33. The summed E-state index contributed by atoms with van der Waals surface area (Å²) < 4.78 is 11.8. The molecule has 3 aliphatic rings. The maximum Gasteiger partial charge on any atom is 0.280 e. The van der Waals surface area contributed by atoms with Gasteiger partial charge in [0.1, 0.15) is 11.5 Å². The molecule has 2 amide bonds. The van der Waals surface area contributed by atoms with E-state index in [4.69, 9.17) is 23.1 Å². The van der Waals surface area contributed by atoms with Crippen molar-refractivity contribution in [1.82, 2.24) is 30.4 Å². The Labute approximate surface area is 211 Å². The lowest BCUT2D eigenvalue weighted by atomic mass is 9.87. The third-order valence-electron chi connectivity index (χ3n) is 6.86. The topological polar surface area (TPSA) is 172 Å². The second-order valence-electron chi connectivity index (χ2n) is 9.64. The van der Waals surface area contributed by atoms with Gasteiger partial charge >= 0.3 is 0 Å². The first-order valence-corrected chi connectivity index (χ1v) is 13.8. The maximum atomic E-state index is 13.4. The van der Waals surface area contributed by atoms with Gasteiger partial charge in [0.2, 0.25) is 5.91 Å². The van der Waals surface area contributed by atoms with Gasteiger partial charge in [-0.15, -0.1) is 4.21 Å². The number of guanidine groups is 1. The fourth-order valence-electron chi connectivity index (χ4n) is 4.88. The van der Waals surface area contributed by atoms with Crippen LogP contribution in [0.1, 0.15) is 37.2 Å². The van der Waals surface area contributed by atoms with Crippen LogP contribution in [0.15, 0.2) is 4.99 Å². The van der Waals surface area contributed by atoms with Crippen molar-refractivity contribution in [3.8, 4) is 0 Å². The maximum absolute atomic E-state index is 13.4. The lowest BCUT2D eigenvalue weighted by Gasteiger charge is -2.43. The summed E-state index contributed by atoms with van der Waals surface area (Å²) in [5.41, 5.74) is 10.9. The number of amides is 2. The van der Waals surface area contributed by atoms with Crippen LogP contribution in [0.4, 0.5) is 11.6 Å². The number of likely N-dealkylation sites (tertiary alicyclic amines) is 1. The van der Waals surface area contributed by atoms with Crippen molar-refractivity contribution in [2.75, 3.05) is 55.7 Å². The molecule has 0 aliphatic carbocycles. The van der Waals surface area contributed by atoms with Crippen LogP contribution >= 0.6 is 11.6 Å². The third-order valence-corrected chi connectivity index (χ3v) is 8.53. The first kappa shape index (κ1) is 25.6. The molecule has 4 rings (SSSR count). The Bertz CT molecular complexity index is 1050.